The molecule has 0 aliphatic carbocycles. The molecule has 4 rings (SSSR count). The first-order valence-corrected chi connectivity index (χ1v) is 13.5. The van der Waals surface area contributed by atoms with Crippen LogP contribution in [0.1, 0.15) is 24.9 Å². The molecule has 1 amide bonds. The molecule has 0 bridgehead atoms. The fourth-order valence-corrected chi connectivity index (χ4v) is 6.01. The maximum absolute atomic E-state index is 12.8. The van der Waals surface area contributed by atoms with E-state index in [4.69, 9.17) is 0 Å². The van der Waals surface area contributed by atoms with Crippen molar-refractivity contribution in [3.8, 4) is 11.1 Å². The molecule has 1 heterocycles. The van der Waals surface area contributed by atoms with Gasteiger partial charge >= 0.3 is 0 Å². The Balaban J connectivity index is 1.41. The number of hydrogen-bond acceptors (Lipinski definition) is 7. The van der Waals surface area contributed by atoms with Gasteiger partial charge in [-0.3, -0.25) is 9.52 Å². The van der Waals surface area contributed by atoms with Crippen molar-refractivity contribution < 1.29 is 13.2 Å². The highest BCUT2D eigenvalue weighted by Crippen LogP contribution is 2.35. The highest BCUT2D eigenvalue weighted by Gasteiger charge is 2.19. The van der Waals surface area contributed by atoms with Crippen molar-refractivity contribution in [1.29, 1.82) is 0 Å². The maximum atomic E-state index is 12.8. The molecule has 10 heteroatoms. The van der Waals surface area contributed by atoms with E-state index in [1.807, 2.05) is 61.5 Å². The number of nitrogens with one attached hydrogen (secondary N) is 2. The van der Waals surface area contributed by atoms with Crippen LogP contribution in [0.3, 0.4) is 0 Å². The van der Waals surface area contributed by atoms with E-state index in [0.29, 0.717) is 5.82 Å². The number of rotatable bonds is 8. The number of carbonyl (C=O) groups is 1. The minimum atomic E-state index is -3.78. The van der Waals surface area contributed by atoms with Gasteiger partial charge in [0, 0.05) is 29.0 Å². The zero-order valence-electron chi connectivity index (χ0n) is 18.4. The lowest BCUT2D eigenvalue weighted by molar-refractivity contribution is -0.114. The number of carbonyl (C=O) groups excluding carboxylic acids is 1. The van der Waals surface area contributed by atoms with Crippen LogP contribution in [0, 0.1) is 0 Å². The van der Waals surface area contributed by atoms with Crippen LogP contribution in [-0.4, -0.2) is 23.7 Å². The monoisotopic (exact) mass is 510 g/mol. The van der Waals surface area contributed by atoms with Gasteiger partial charge in [-0.2, -0.15) is 4.37 Å². The van der Waals surface area contributed by atoms with Crippen molar-refractivity contribution in [2.75, 3.05) is 10.0 Å². The Kier molecular flexibility index (Phi) is 7.30. The molecule has 0 aliphatic heterocycles. The van der Waals surface area contributed by atoms with Gasteiger partial charge in [-0.25, -0.2) is 13.4 Å². The van der Waals surface area contributed by atoms with Gasteiger partial charge in [0.2, 0.25) is 11.0 Å². The molecule has 0 saturated heterocycles. The summed E-state index contributed by atoms with van der Waals surface area (Å²) in [5.41, 5.74) is 2.68. The van der Waals surface area contributed by atoms with Crippen molar-refractivity contribution in [2.45, 2.75) is 28.9 Å². The summed E-state index contributed by atoms with van der Waals surface area (Å²) in [6.45, 7) is 3.42. The summed E-state index contributed by atoms with van der Waals surface area (Å²) < 4.78 is 32.5. The van der Waals surface area contributed by atoms with E-state index < -0.39 is 10.0 Å². The summed E-state index contributed by atoms with van der Waals surface area (Å²) in [5.74, 6) is 0.417. The van der Waals surface area contributed by atoms with Crippen molar-refractivity contribution in [3.05, 3.63) is 84.7 Å². The zero-order valence-corrected chi connectivity index (χ0v) is 20.9. The molecule has 0 aliphatic rings. The molecule has 0 saturated carbocycles. The van der Waals surface area contributed by atoms with Crippen molar-refractivity contribution >= 4 is 50.0 Å². The third-order valence-corrected chi connectivity index (χ3v) is 8.02. The van der Waals surface area contributed by atoms with E-state index in [1.165, 1.54) is 6.92 Å². The topological polar surface area (TPSA) is 101 Å². The summed E-state index contributed by atoms with van der Waals surface area (Å²) in [4.78, 5) is 16.7. The van der Waals surface area contributed by atoms with Crippen LogP contribution in [0.2, 0.25) is 0 Å². The average Bonchev–Trinajstić information content (AvgIpc) is 3.29. The Labute approximate surface area is 206 Å². The Morgan fingerprint density at radius 2 is 1.59 bits per heavy atom. The molecule has 0 unspecified atom stereocenters. The summed E-state index contributed by atoms with van der Waals surface area (Å²) in [5, 5.41) is 2.86. The molecular formula is C24H22N4O3S3. The van der Waals surface area contributed by atoms with Gasteiger partial charge in [-0.1, -0.05) is 42.5 Å². The fraction of sp³-hybridized carbons (Fsp3) is 0.125. The lowest BCUT2D eigenvalue weighted by Crippen LogP contribution is -2.12. The largest absolute Gasteiger partial charge is 0.326 e. The molecule has 3 aromatic carbocycles. The molecule has 0 radical (unpaired) electrons. The van der Waals surface area contributed by atoms with Gasteiger partial charge < -0.3 is 5.32 Å². The first-order valence-electron chi connectivity index (χ1n) is 10.4. The van der Waals surface area contributed by atoms with Gasteiger partial charge in [0.05, 0.1) is 10.1 Å². The molecule has 7 nitrogen and oxygen atoms in total. The highest BCUT2D eigenvalue weighted by molar-refractivity contribution is 7.99. The predicted octanol–water partition coefficient (Wildman–Crippen LogP) is 5.82. The van der Waals surface area contributed by atoms with Crippen LogP contribution < -0.4 is 10.0 Å². The number of anilines is 2. The standard InChI is InChI=1S/C24H22N4O3S3/c1-16(32-21-12-10-20(11-13-21)25-17(2)29)23-26-24(33-27-23)28-34(30,31)22-14-8-19(9-15-22)18-6-4-3-5-7-18/h3-16H,1-2H3,(H,25,29)(H,26,27,28)/t16-/m1/s1. The lowest BCUT2D eigenvalue weighted by Gasteiger charge is -2.09. The summed E-state index contributed by atoms with van der Waals surface area (Å²) in [6.07, 6.45) is 0. The summed E-state index contributed by atoms with van der Waals surface area (Å²) >= 11 is 2.55. The Bertz CT molecular complexity index is 1370. The Morgan fingerprint density at radius 3 is 2.24 bits per heavy atom. The van der Waals surface area contributed by atoms with Gasteiger partial charge in [0.1, 0.15) is 0 Å². The molecule has 0 fully saturated rings. The third-order valence-electron chi connectivity index (χ3n) is 4.79. The van der Waals surface area contributed by atoms with Gasteiger partial charge in [-0.05, 0) is 54.4 Å². The van der Waals surface area contributed by atoms with E-state index in [-0.39, 0.29) is 21.2 Å². The second-order valence-corrected chi connectivity index (χ2v) is 11.3. The van der Waals surface area contributed by atoms with E-state index in [2.05, 4.69) is 19.4 Å². The second-order valence-electron chi connectivity index (χ2n) is 7.42. The Hall–Kier alpha value is -3.21. The molecule has 1 atom stereocenters. The smallest absolute Gasteiger partial charge is 0.263 e. The van der Waals surface area contributed by atoms with Crippen LogP contribution in [0.4, 0.5) is 10.8 Å². The highest BCUT2D eigenvalue weighted by atomic mass is 32.2. The number of hydrogen-bond donors (Lipinski definition) is 2. The van der Waals surface area contributed by atoms with Gasteiger partial charge in [0.25, 0.3) is 10.0 Å². The molecular weight excluding hydrogens is 488 g/mol. The minimum Gasteiger partial charge on any atom is -0.326 e. The third kappa shape index (κ3) is 6.02. The Morgan fingerprint density at radius 1 is 0.941 bits per heavy atom. The van der Waals surface area contributed by atoms with Crippen LogP contribution in [0.25, 0.3) is 11.1 Å². The molecule has 4 aromatic rings. The molecule has 0 spiro atoms. The first-order chi connectivity index (χ1) is 16.3. The number of sulfonamides is 1. The maximum Gasteiger partial charge on any atom is 0.263 e. The van der Waals surface area contributed by atoms with Crippen LogP contribution >= 0.6 is 23.3 Å². The van der Waals surface area contributed by atoms with Crippen molar-refractivity contribution in [1.82, 2.24) is 9.36 Å². The van der Waals surface area contributed by atoms with Crippen molar-refractivity contribution in [2.24, 2.45) is 0 Å². The number of amides is 1. The lowest BCUT2D eigenvalue weighted by atomic mass is 10.1. The fourth-order valence-electron chi connectivity index (χ4n) is 3.15. The predicted molar refractivity (Wildman–Crippen MR) is 138 cm³/mol. The molecule has 2 N–H and O–H groups in total. The van der Waals surface area contributed by atoms with E-state index >= 15 is 0 Å². The number of aromatic nitrogens is 2. The van der Waals surface area contributed by atoms with Gasteiger partial charge in [-0.15, -0.1) is 11.8 Å². The van der Waals surface area contributed by atoms with Crippen LogP contribution in [0.15, 0.2) is 88.7 Å². The first kappa shape index (κ1) is 23.9. The van der Waals surface area contributed by atoms with E-state index in [9.17, 15) is 13.2 Å². The summed E-state index contributed by atoms with van der Waals surface area (Å²) in [7, 11) is -3.78. The average molecular weight is 511 g/mol. The zero-order chi connectivity index (χ0) is 24.1. The van der Waals surface area contributed by atoms with E-state index in [0.717, 1.165) is 33.2 Å². The molecule has 1 aromatic heterocycles. The number of benzene rings is 3. The van der Waals surface area contributed by atoms with E-state index in [1.54, 1.807) is 36.0 Å². The summed E-state index contributed by atoms with van der Waals surface area (Å²) in [6, 6.07) is 23.9. The number of nitrogens with zero attached hydrogens (tertiary/aromatic N) is 2. The van der Waals surface area contributed by atoms with Crippen molar-refractivity contribution in [3.63, 3.8) is 0 Å². The molecule has 34 heavy (non-hydrogen) atoms. The van der Waals surface area contributed by atoms with Gasteiger partial charge in [0.15, 0.2) is 5.82 Å². The normalized spacial score (nSPS) is 12.2. The second kappa shape index (κ2) is 10.4. The van der Waals surface area contributed by atoms with Crippen LogP contribution in [0.5, 0.6) is 0 Å². The number of thioether (sulfide) groups is 1. The SMILES string of the molecule is CC(=O)Nc1ccc(S[C@H](C)c2nsc(NS(=O)(=O)c3ccc(-c4ccccc4)cc3)n2)cc1. The molecule has 174 valence electrons. The minimum absolute atomic E-state index is 0.0914. The van der Waals surface area contributed by atoms with Crippen LogP contribution in [-0.2, 0) is 14.8 Å². The quantitative estimate of drug-likeness (QED) is 0.290.